The van der Waals surface area contributed by atoms with Crippen LogP contribution in [-0.4, -0.2) is 6.29 Å². The summed E-state index contributed by atoms with van der Waals surface area (Å²) in [4.78, 5) is 9.60. The fourth-order valence-corrected chi connectivity index (χ4v) is 0.150. The molecule has 0 spiro atoms. The average molecular weight is 94.1 g/mol. The second-order valence-corrected chi connectivity index (χ2v) is 1.13. The number of carbonyl (C=O) groups is 1. The molecule has 1 heteroatoms. The fourth-order valence-electron chi connectivity index (χ4n) is 0.150. The first-order valence-corrected chi connectivity index (χ1v) is 1.90. The molecular weight excluding hydrogens is 88.1 g/mol. The summed E-state index contributed by atoms with van der Waals surface area (Å²) in [5.41, 5.74) is 0.662. The Morgan fingerprint density at radius 3 is 2.57 bits per heavy atom. The van der Waals surface area contributed by atoms with Gasteiger partial charge in [0, 0.05) is 5.57 Å². The molecule has 0 aromatic heterocycles. The van der Waals surface area contributed by atoms with Crippen molar-refractivity contribution >= 4 is 6.29 Å². The Balaban J connectivity index is 3.80. The Hall–Kier alpha value is -1.03. The predicted molar refractivity (Wildman–Crippen MR) is 28.7 cm³/mol. The van der Waals surface area contributed by atoms with Crippen LogP contribution in [0, 0.1) is 12.3 Å². The number of hydrogen-bond acceptors (Lipinski definition) is 1. The third-order valence-electron chi connectivity index (χ3n) is 0.546. The lowest BCUT2D eigenvalue weighted by Crippen LogP contribution is -1.66. The van der Waals surface area contributed by atoms with Gasteiger partial charge < -0.3 is 0 Å². The first kappa shape index (κ1) is 5.97. The molecule has 0 saturated heterocycles. The molecule has 0 radical (unpaired) electrons. The molecule has 0 heterocycles. The van der Waals surface area contributed by atoms with Crippen LogP contribution >= 0.6 is 0 Å². The number of aldehydes is 1. The van der Waals surface area contributed by atoms with Crippen molar-refractivity contribution in [3.8, 4) is 12.3 Å². The van der Waals surface area contributed by atoms with Crippen LogP contribution in [0.5, 0.6) is 0 Å². The van der Waals surface area contributed by atoms with Crippen LogP contribution in [0.4, 0.5) is 0 Å². The van der Waals surface area contributed by atoms with E-state index < -0.39 is 0 Å². The van der Waals surface area contributed by atoms with Gasteiger partial charge in [-0.2, -0.15) is 0 Å². The Labute approximate surface area is 43.0 Å². The summed E-state index contributed by atoms with van der Waals surface area (Å²) in [6, 6.07) is 0. The standard InChI is InChI=1S/C6H6O/c1-3-6(2)4-5-7/h1,4-5H,2H3/b6-4-. The molecule has 0 amide bonds. The van der Waals surface area contributed by atoms with Gasteiger partial charge in [-0.15, -0.1) is 6.42 Å². The molecule has 0 atom stereocenters. The van der Waals surface area contributed by atoms with E-state index in [4.69, 9.17) is 6.42 Å². The Morgan fingerprint density at radius 2 is 2.43 bits per heavy atom. The maximum absolute atomic E-state index is 9.60. The van der Waals surface area contributed by atoms with Crippen molar-refractivity contribution in [1.82, 2.24) is 0 Å². The summed E-state index contributed by atoms with van der Waals surface area (Å²) in [6.07, 6.45) is 6.90. The maximum Gasteiger partial charge on any atom is 0.143 e. The molecule has 1 nitrogen and oxygen atoms in total. The molecule has 7 heavy (non-hydrogen) atoms. The van der Waals surface area contributed by atoms with E-state index in [1.54, 1.807) is 6.92 Å². The first-order valence-electron chi connectivity index (χ1n) is 1.90. The molecule has 0 N–H and O–H groups in total. The zero-order valence-corrected chi connectivity index (χ0v) is 4.14. The highest BCUT2D eigenvalue weighted by Crippen LogP contribution is 1.82. The highest BCUT2D eigenvalue weighted by molar-refractivity contribution is 5.67. The van der Waals surface area contributed by atoms with Gasteiger partial charge in [-0.3, -0.25) is 4.79 Å². The monoisotopic (exact) mass is 94.0 g/mol. The molecule has 0 aliphatic heterocycles. The van der Waals surface area contributed by atoms with Crippen molar-refractivity contribution in [1.29, 1.82) is 0 Å². The smallest absolute Gasteiger partial charge is 0.143 e. The second-order valence-electron chi connectivity index (χ2n) is 1.13. The van der Waals surface area contributed by atoms with E-state index in [-0.39, 0.29) is 0 Å². The molecule has 0 aromatic carbocycles. The lowest BCUT2D eigenvalue weighted by molar-refractivity contribution is -0.104. The molecule has 0 aromatic rings. The van der Waals surface area contributed by atoms with Crippen molar-refractivity contribution in [2.24, 2.45) is 0 Å². The third kappa shape index (κ3) is 2.78. The molecule has 0 unspecified atom stereocenters. The highest BCUT2D eigenvalue weighted by Gasteiger charge is 1.72. The van der Waals surface area contributed by atoms with Crippen molar-refractivity contribution in [2.75, 3.05) is 0 Å². The molecule has 36 valence electrons. The quantitative estimate of drug-likeness (QED) is 0.266. The van der Waals surface area contributed by atoms with Gasteiger partial charge in [0.2, 0.25) is 0 Å². The van der Waals surface area contributed by atoms with E-state index >= 15 is 0 Å². The van der Waals surface area contributed by atoms with E-state index in [0.717, 1.165) is 0 Å². The molecular formula is C6H6O. The molecule has 0 aliphatic carbocycles. The summed E-state index contributed by atoms with van der Waals surface area (Å²) in [5.74, 6) is 2.30. The van der Waals surface area contributed by atoms with Crippen molar-refractivity contribution in [3.63, 3.8) is 0 Å². The maximum atomic E-state index is 9.60. The lowest BCUT2D eigenvalue weighted by Gasteiger charge is -1.74. The average Bonchev–Trinajstić information content (AvgIpc) is 1.68. The normalized spacial score (nSPS) is 10.0. The molecule has 0 rings (SSSR count). The Bertz CT molecular complexity index is 126. The molecule has 0 aliphatic rings. The van der Waals surface area contributed by atoms with Gasteiger partial charge in [-0.1, -0.05) is 5.92 Å². The summed E-state index contributed by atoms with van der Waals surface area (Å²) < 4.78 is 0. The van der Waals surface area contributed by atoms with E-state index in [9.17, 15) is 4.79 Å². The van der Waals surface area contributed by atoms with E-state index in [1.807, 2.05) is 0 Å². The van der Waals surface area contributed by atoms with Gasteiger partial charge in [0.1, 0.15) is 6.29 Å². The number of rotatable bonds is 1. The minimum atomic E-state index is 0.662. The van der Waals surface area contributed by atoms with Gasteiger partial charge in [0.25, 0.3) is 0 Å². The number of hydrogen-bond donors (Lipinski definition) is 0. The zero-order valence-electron chi connectivity index (χ0n) is 4.14. The molecule has 0 saturated carbocycles. The summed E-state index contributed by atoms with van der Waals surface area (Å²) in [7, 11) is 0. The summed E-state index contributed by atoms with van der Waals surface area (Å²) in [5, 5.41) is 0. The van der Waals surface area contributed by atoms with Gasteiger partial charge >= 0.3 is 0 Å². The van der Waals surface area contributed by atoms with Crippen LogP contribution in [0.3, 0.4) is 0 Å². The largest absolute Gasteiger partial charge is 0.299 e. The second kappa shape index (κ2) is 3.17. The first-order chi connectivity index (χ1) is 3.31. The van der Waals surface area contributed by atoms with Crippen LogP contribution in [0.1, 0.15) is 6.92 Å². The minimum Gasteiger partial charge on any atom is -0.299 e. The van der Waals surface area contributed by atoms with E-state index in [2.05, 4.69) is 5.92 Å². The number of terminal acetylenes is 1. The van der Waals surface area contributed by atoms with Crippen molar-refractivity contribution in [2.45, 2.75) is 6.92 Å². The minimum absolute atomic E-state index is 0.662. The van der Waals surface area contributed by atoms with Crippen LogP contribution in [-0.2, 0) is 4.79 Å². The van der Waals surface area contributed by atoms with Crippen molar-refractivity contribution < 1.29 is 4.79 Å². The lowest BCUT2D eigenvalue weighted by atomic mass is 10.3. The molecule has 0 fully saturated rings. The van der Waals surface area contributed by atoms with Gasteiger partial charge in [-0.25, -0.2) is 0 Å². The van der Waals surface area contributed by atoms with Crippen molar-refractivity contribution in [3.05, 3.63) is 11.6 Å². The van der Waals surface area contributed by atoms with E-state index in [1.165, 1.54) is 6.08 Å². The van der Waals surface area contributed by atoms with Gasteiger partial charge in [0.05, 0.1) is 0 Å². The predicted octanol–water partition coefficient (Wildman–Crippen LogP) is 0.765. The summed E-state index contributed by atoms with van der Waals surface area (Å²) >= 11 is 0. The fraction of sp³-hybridized carbons (Fsp3) is 0.167. The van der Waals surface area contributed by atoms with Crippen LogP contribution in [0.15, 0.2) is 11.6 Å². The number of allylic oxidation sites excluding steroid dienone is 2. The zero-order chi connectivity index (χ0) is 5.70. The highest BCUT2D eigenvalue weighted by atomic mass is 16.1. The topological polar surface area (TPSA) is 17.1 Å². The Kier molecular flexibility index (Phi) is 2.70. The number of carbonyl (C=O) groups excluding carboxylic acids is 1. The molecule has 0 bridgehead atoms. The Morgan fingerprint density at radius 1 is 1.86 bits per heavy atom. The summed E-state index contributed by atoms with van der Waals surface area (Å²) in [6.45, 7) is 1.70. The van der Waals surface area contributed by atoms with Gasteiger partial charge in [0.15, 0.2) is 0 Å². The van der Waals surface area contributed by atoms with Crippen LogP contribution in [0.2, 0.25) is 0 Å². The SMILES string of the molecule is C#C/C(C)=C\C=O. The van der Waals surface area contributed by atoms with Gasteiger partial charge in [-0.05, 0) is 13.0 Å². The van der Waals surface area contributed by atoms with Crippen LogP contribution < -0.4 is 0 Å². The van der Waals surface area contributed by atoms with Crippen LogP contribution in [0.25, 0.3) is 0 Å². The third-order valence-corrected chi connectivity index (χ3v) is 0.546. The van der Waals surface area contributed by atoms with E-state index in [0.29, 0.717) is 11.9 Å².